The number of hydrogen-bond acceptors (Lipinski definition) is 1. The molecular formula is C4H8ClOS+. The van der Waals surface area contributed by atoms with Crippen LogP contribution in [0, 0.1) is 0 Å². The number of halogens is 1. The first-order valence-corrected chi connectivity index (χ1v) is 3.67. The van der Waals surface area contributed by atoms with Gasteiger partial charge in [0.1, 0.15) is 0 Å². The summed E-state index contributed by atoms with van der Waals surface area (Å²) in [5.41, 5.74) is 0. The minimum atomic E-state index is 0.633. The number of hydrogen-bond donors (Lipinski definition) is 0. The van der Waals surface area contributed by atoms with E-state index in [4.69, 9.17) is 11.6 Å². The summed E-state index contributed by atoms with van der Waals surface area (Å²) in [6, 6.07) is 0. The Balaban J connectivity index is 2.56. The largest absolute Gasteiger partial charge is 0.458 e. The van der Waals surface area contributed by atoms with Crippen LogP contribution in [0.15, 0.2) is 0 Å². The molecule has 0 spiro atoms. The van der Waals surface area contributed by atoms with E-state index in [9.17, 15) is 4.21 Å². The zero-order valence-electron chi connectivity index (χ0n) is 4.02. The third kappa shape index (κ3) is 6.31. The van der Waals surface area contributed by atoms with Gasteiger partial charge in [-0.05, 0) is 6.42 Å². The average molecular weight is 140 g/mol. The fourth-order valence-corrected chi connectivity index (χ4v) is 0.766. The van der Waals surface area contributed by atoms with Crippen LogP contribution in [-0.2, 0) is 15.9 Å². The predicted octanol–water partition coefficient (Wildman–Crippen LogP) is 1.43. The lowest BCUT2D eigenvalue weighted by Crippen LogP contribution is -1.81. The molecule has 0 aliphatic carbocycles. The molecule has 0 rings (SSSR count). The van der Waals surface area contributed by atoms with Crippen LogP contribution in [0.1, 0.15) is 12.8 Å². The lowest BCUT2D eigenvalue weighted by molar-refractivity contribution is 0.603. The normalized spacial score (nSPS) is 8.71. The summed E-state index contributed by atoms with van der Waals surface area (Å²) in [5, 5.41) is 0. The number of unbranched alkanes of at least 4 members (excludes halogenated alkanes) is 1. The maximum Gasteiger partial charge on any atom is 0.458 e. The Kier molecular flexibility index (Phi) is 6.59. The van der Waals surface area contributed by atoms with Crippen molar-refractivity contribution in [3.8, 4) is 0 Å². The first-order valence-electron chi connectivity index (χ1n) is 2.22. The van der Waals surface area contributed by atoms with Crippen molar-refractivity contribution in [3.63, 3.8) is 0 Å². The summed E-state index contributed by atoms with van der Waals surface area (Å²) in [5.74, 6) is 1.38. The highest BCUT2D eigenvalue weighted by Gasteiger charge is 1.94. The van der Waals surface area contributed by atoms with Gasteiger partial charge < -0.3 is 0 Å². The minimum Gasteiger partial charge on any atom is -0.127 e. The molecule has 0 atom stereocenters. The summed E-state index contributed by atoms with van der Waals surface area (Å²) in [6.07, 6.45) is 1.93. The van der Waals surface area contributed by atoms with Crippen LogP contribution in [0.3, 0.4) is 0 Å². The standard InChI is InChI=1S/C4H8ClOS/c5-3-1-2-4-7-6/h1-4H2/q+1. The summed E-state index contributed by atoms with van der Waals surface area (Å²) >= 11 is 5.96. The van der Waals surface area contributed by atoms with Crippen molar-refractivity contribution in [1.29, 1.82) is 0 Å². The highest BCUT2D eigenvalue weighted by molar-refractivity contribution is 7.65. The number of rotatable bonds is 4. The highest BCUT2D eigenvalue weighted by Crippen LogP contribution is 1.89. The van der Waals surface area contributed by atoms with Gasteiger partial charge in [-0.25, -0.2) is 0 Å². The fourth-order valence-electron chi connectivity index (χ4n) is 0.255. The molecule has 0 aliphatic rings. The zero-order chi connectivity index (χ0) is 5.54. The molecule has 3 heteroatoms. The van der Waals surface area contributed by atoms with Gasteiger partial charge in [0.2, 0.25) is 5.75 Å². The maximum atomic E-state index is 9.68. The van der Waals surface area contributed by atoms with Gasteiger partial charge in [-0.15, -0.1) is 11.6 Å². The summed E-state index contributed by atoms with van der Waals surface area (Å²) in [7, 11) is 0. The second-order valence-corrected chi connectivity index (χ2v) is 2.24. The molecule has 0 amide bonds. The molecule has 0 saturated heterocycles. The molecule has 0 unspecified atom stereocenters. The summed E-state index contributed by atoms with van der Waals surface area (Å²) < 4.78 is 9.68. The highest BCUT2D eigenvalue weighted by atomic mass is 35.5. The van der Waals surface area contributed by atoms with Crippen LogP contribution >= 0.6 is 11.6 Å². The van der Waals surface area contributed by atoms with Crippen molar-refractivity contribution in [2.24, 2.45) is 0 Å². The first kappa shape index (κ1) is 7.31. The van der Waals surface area contributed by atoms with Gasteiger partial charge in [0.25, 0.3) is 0 Å². The van der Waals surface area contributed by atoms with Crippen molar-refractivity contribution in [2.45, 2.75) is 12.8 Å². The molecule has 0 heterocycles. The lowest BCUT2D eigenvalue weighted by atomic mass is 10.4. The smallest absolute Gasteiger partial charge is 0.127 e. The molecule has 0 saturated carbocycles. The summed E-state index contributed by atoms with van der Waals surface area (Å²) in [4.78, 5) is 0. The molecule has 0 aromatic heterocycles. The van der Waals surface area contributed by atoms with Crippen molar-refractivity contribution in [2.75, 3.05) is 11.6 Å². The van der Waals surface area contributed by atoms with E-state index in [2.05, 4.69) is 0 Å². The molecule has 0 aromatic rings. The van der Waals surface area contributed by atoms with E-state index in [1.54, 1.807) is 0 Å². The topological polar surface area (TPSA) is 17.1 Å². The van der Waals surface area contributed by atoms with E-state index < -0.39 is 0 Å². The van der Waals surface area contributed by atoms with Crippen LogP contribution in [0.25, 0.3) is 0 Å². The van der Waals surface area contributed by atoms with Gasteiger partial charge in [-0.3, -0.25) is 0 Å². The van der Waals surface area contributed by atoms with E-state index in [-0.39, 0.29) is 0 Å². The van der Waals surface area contributed by atoms with Crippen LogP contribution in [0.4, 0.5) is 0 Å². The van der Waals surface area contributed by atoms with E-state index in [0.29, 0.717) is 23.3 Å². The van der Waals surface area contributed by atoms with Gasteiger partial charge >= 0.3 is 11.7 Å². The van der Waals surface area contributed by atoms with Crippen molar-refractivity contribution < 1.29 is 4.21 Å². The Hall–Kier alpha value is 0.310. The molecule has 42 valence electrons. The molecular weight excluding hydrogens is 132 g/mol. The summed E-state index contributed by atoms with van der Waals surface area (Å²) in [6.45, 7) is 0. The lowest BCUT2D eigenvalue weighted by Gasteiger charge is -1.77. The van der Waals surface area contributed by atoms with Crippen LogP contribution in [0.5, 0.6) is 0 Å². The molecule has 1 nitrogen and oxygen atoms in total. The Morgan fingerprint density at radius 3 is 2.57 bits per heavy atom. The molecule has 0 aromatic carbocycles. The van der Waals surface area contributed by atoms with Gasteiger partial charge in [0.05, 0.1) is 0 Å². The van der Waals surface area contributed by atoms with E-state index in [0.717, 1.165) is 12.8 Å². The predicted molar refractivity (Wildman–Crippen MR) is 32.9 cm³/mol. The van der Waals surface area contributed by atoms with Crippen molar-refractivity contribution in [3.05, 3.63) is 0 Å². The van der Waals surface area contributed by atoms with E-state index in [1.807, 2.05) is 0 Å². The molecule has 0 fully saturated rings. The maximum absolute atomic E-state index is 9.68. The Morgan fingerprint density at radius 1 is 1.43 bits per heavy atom. The van der Waals surface area contributed by atoms with Crippen LogP contribution < -0.4 is 0 Å². The quantitative estimate of drug-likeness (QED) is 0.327. The second kappa shape index (κ2) is 6.31. The Labute approximate surface area is 52.5 Å². The first-order chi connectivity index (χ1) is 3.41. The number of alkyl halides is 1. The van der Waals surface area contributed by atoms with Gasteiger partial charge in [-0.2, -0.15) is 0 Å². The van der Waals surface area contributed by atoms with Crippen molar-refractivity contribution in [1.82, 2.24) is 0 Å². The van der Waals surface area contributed by atoms with Crippen LogP contribution in [-0.4, -0.2) is 11.6 Å². The second-order valence-electron chi connectivity index (χ2n) is 1.22. The van der Waals surface area contributed by atoms with E-state index >= 15 is 0 Å². The third-order valence-corrected chi connectivity index (χ3v) is 1.33. The molecule has 0 aliphatic heterocycles. The van der Waals surface area contributed by atoms with Crippen LogP contribution in [0.2, 0.25) is 0 Å². The van der Waals surface area contributed by atoms with Crippen molar-refractivity contribution >= 4 is 23.3 Å². The fraction of sp³-hybridized carbons (Fsp3) is 1.00. The molecule has 0 radical (unpaired) electrons. The average Bonchev–Trinajstić information content (AvgIpc) is 1.69. The van der Waals surface area contributed by atoms with Gasteiger partial charge in [-0.1, -0.05) is 0 Å². The third-order valence-electron chi connectivity index (χ3n) is 0.611. The van der Waals surface area contributed by atoms with Gasteiger partial charge in [0, 0.05) is 16.5 Å². The molecule has 7 heavy (non-hydrogen) atoms. The Morgan fingerprint density at radius 2 is 2.14 bits per heavy atom. The SMILES string of the molecule is O=[S+]CCCCCl. The Bertz CT molecular complexity index is 49.0. The van der Waals surface area contributed by atoms with E-state index in [1.165, 1.54) is 0 Å². The zero-order valence-corrected chi connectivity index (χ0v) is 5.60. The molecule has 0 N–H and O–H groups in total. The minimum absolute atomic E-state index is 0.633. The van der Waals surface area contributed by atoms with Gasteiger partial charge in [0.15, 0.2) is 0 Å². The monoisotopic (exact) mass is 139 g/mol. The molecule has 0 bridgehead atoms.